The summed E-state index contributed by atoms with van der Waals surface area (Å²) in [4.78, 5) is 2.64. The fraction of sp³-hybridized carbons (Fsp3) is 0.647. The maximum absolute atomic E-state index is 5.49. The number of rotatable bonds is 5. The van der Waals surface area contributed by atoms with E-state index in [9.17, 15) is 0 Å². The molecule has 0 aromatic heterocycles. The van der Waals surface area contributed by atoms with E-state index in [4.69, 9.17) is 9.47 Å². The fourth-order valence-corrected chi connectivity index (χ4v) is 3.53. The minimum Gasteiger partial charge on any atom is -0.493 e. The van der Waals surface area contributed by atoms with E-state index in [0.29, 0.717) is 6.04 Å². The molecule has 1 N–H and O–H groups in total. The van der Waals surface area contributed by atoms with Crippen LogP contribution in [0.4, 0.5) is 0 Å². The number of nitrogens with one attached hydrogen (secondary N) is 1. The van der Waals surface area contributed by atoms with E-state index in [1.165, 1.54) is 24.8 Å². The Morgan fingerprint density at radius 3 is 2.22 bits per heavy atom. The first-order valence-electron chi connectivity index (χ1n) is 8.00. The van der Waals surface area contributed by atoms with E-state index in [1.54, 1.807) is 14.2 Å². The van der Waals surface area contributed by atoms with E-state index in [1.807, 2.05) is 6.07 Å². The second-order valence-electron chi connectivity index (χ2n) is 6.04. The highest BCUT2D eigenvalue weighted by atomic mass is 35.5. The summed E-state index contributed by atoms with van der Waals surface area (Å²) in [5.41, 5.74) is 1.37. The number of hydrogen-bond donors (Lipinski definition) is 1. The molecule has 1 aromatic rings. The van der Waals surface area contributed by atoms with Gasteiger partial charge in [0, 0.05) is 32.2 Å². The lowest BCUT2D eigenvalue weighted by Gasteiger charge is -2.43. The number of ether oxygens (including phenoxy) is 2. The Morgan fingerprint density at radius 1 is 1.04 bits per heavy atom. The molecule has 6 heteroatoms. The highest BCUT2D eigenvalue weighted by molar-refractivity contribution is 5.85. The predicted molar refractivity (Wildman–Crippen MR) is 98.6 cm³/mol. The molecular formula is C17H28Cl2N2O2. The Balaban J connectivity index is 0.00000132. The first-order chi connectivity index (χ1) is 10.3. The maximum atomic E-state index is 5.49. The monoisotopic (exact) mass is 362 g/mol. The van der Waals surface area contributed by atoms with Crippen molar-refractivity contribution in [1.29, 1.82) is 0 Å². The lowest BCUT2D eigenvalue weighted by molar-refractivity contribution is 0.0835. The molecule has 1 saturated heterocycles. The van der Waals surface area contributed by atoms with E-state index >= 15 is 0 Å². The van der Waals surface area contributed by atoms with Crippen molar-refractivity contribution in [3.05, 3.63) is 23.8 Å². The summed E-state index contributed by atoms with van der Waals surface area (Å²) in [6, 6.07) is 6.96. The van der Waals surface area contributed by atoms with Gasteiger partial charge in [-0.05, 0) is 36.5 Å². The molecule has 1 aliphatic heterocycles. The average molecular weight is 363 g/mol. The minimum absolute atomic E-state index is 0. The van der Waals surface area contributed by atoms with Crippen molar-refractivity contribution in [3.63, 3.8) is 0 Å². The largest absolute Gasteiger partial charge is 0.493 e. The smallest absolute Gasteiger partial charge is 0.161 e. The summed E-state index contributed by atoms with van der Waals surface area (Å²) in [5, 5.41) is 3.45. The molecule has 0 radical (unpaired) electrons. The number of piperazine rings is 1. The molecule has 1 atom stereocenters. The van der Waals surface area contributed by atoms with Gasteiger partial charge in [-0.3, -0.25) is 4.90 Å². The van der Waals surface area contributed by atoms with E-state index in [2.05, 4.69) is 22.3 Å². The van der Waals surface area contributed by atoms with Crippen LogP contribution >= 0.6 is 24.8 Å². The van der Waals surface area contributed by atoms with Gasteiger partial charge in [0.25, 0.3) is 0 Å². The summed E-state index contributed by atoms with van der Waals surface area (Å²) in [5.74, 6) is 2.45. The number of halogens is 2. The molecule has 0 bridgehead atoms. The third kappa shape index (κ3) is 4.44. The van der Waals surface area contributed by atoms with Crippen LogP contribution in [0.2, 0.25) is 0 Å². The first kappa shape index (κ1) is 20.4. The molecule has 1 saturated carbocycles. The second-order valence-corrected chi connectivity index (χ2v) is 6.04. The van der Waals surface area contributed by atoms with Crippen LogP contribution in [0.1, 0.15) is 30.9 Å². The minimum atomic E-state index is 0. The Morgan fingerprint density at radius 2 is 1.70 bits per heavy atom. The van der Waals surface area contributed by atoms with Crippen molar-refractivity contribution in [2.45, 2.75) is 25.3 Å². The van der Waals surface area contributed by atoms with Crippen LogP contribution in [0.5, 0.6) is 11.5 Å². The topological polar surface area (TPSA) is 33.7 Å². The van der Waals surface area contributed by atoms with Crippen molar-refractivity contribution >= 4 is 24.8 Å². The van der Waals surface area contributed by atoms with Crippen LogP contribution in [0, 0.1) is 5.92 Å². The van der Waals surface area contributed by atoms with E-state index < -0.39 is 0 Å². The lowest BCUT2D eigenvalue weighted by atomic mass is 9.76. The fourth-order valence-electron chi connectivity index (χ4n) is 3.53. The normalized spacial score (nSPS) is 19.7. The molecule has 1 aliphatic carbocycles. The molecule has 0 unspecified atom stereocenters. The highest BCUT2D eigenvalue weighted by Gasteiger charge is 2.33. The van der Waals surface area contributed by atoms with E-state index in [0.717, 1.165) is 43.6 Å². The summed E-state index contributed by atoms with van der Waals surface area (Å²) >= 11 is 0. The number of benzene rings is 1. The molecule has 1 aromatic carbocycles. The predicted octanol–water partition coefficient (Wildman–Crippen LogP) is 3.29. The standard InChI is InChI=1S/C17H26N2O2.2ClH/c1-20-15-7-6-14(12-16(15)21-2)17(13-4-3-5-13)19-10-8-18-9-11-19;;/h6-7,12-13,17-18H,3-5,8-11H2,1-2H3;2*1H/t17-;;/m0../s1. The van der Waals surface area contributed by atoms with E-state index in [-0.39, 0.29) is 24.8 Å². The third-order valence-corrected chi connectivity index (χ3v) is 4.89. The van der Waals surface area contributed by atoms with Gasteiger partial charge in [0.05, 0.1) is 14.2 Å². The molecule has 3 rings (SSSR count). The van der Waals surface area contributed by atoms with Crippen LogP contribution in [-0.2, 0) is 0 Å². The van der Waals surface area contributed by atoms with Gasteiger partial charge in [0.15, 0.2) is 11.5 Å². The molecule has 0 amide bonds. The van der Waals surface area contributed by atoms with Crippen LogP contribution in [0.25, 0.3) is 0 Å². The molecule has 23 heavy (non-hydrogen) atoms. The van der Waals surface area contributed by atoms with Crippen molar-refractivity contribution < 1.29 is 9.47 Å². The first-order valence-corrected chi connectivity index (χ1v) is 8.00. The zero-order chi connectivity index (χ0) is 14.7. The molecule has 2 fully saturated rings. The van der Waals surface area contributed by atoms with Gasteiger partial charge < -0.3 is 14.8 Å². The molecule has 132 valence electrons. The molecular weight excluding hydrogens is 335 g/mol. The third-order valence-electron chi connectivity index (χ3n) is 4.89. The maximum Gasteiger partial charge on any atom is 0.161 e. The van der Waals surface area contributed by atoms with Gasteiger partial charge in [0.2, 0.25) is 0 Å². The Bertz CT molecular complexity index is 478. The van der Waals surface area contributed by atoms with Crippen LogP contribution in [0.3, 0.4) is 0 Å². The van der Waals surface area contributed by atoms with Crippen LogP contribution in [-0.4, -0.2) is 45.3 Å². The van der Waals surface area contributed by atoms with Crippen molar-refractivity contribution in [3.8, 4) is 11.5 Å². The van der Waals surface area contributed by atoms with Gasteiger partial charge in [-0.15, -0.1) is 24.8 Å². The summed E-state index contributed by atoms with van der Waals surface area (Å²) in [6.45, 7) is 4.46. The zero-order valence-corrected chi connectivity index (χ0v) is 15.5. The SMILES string of the molecule is COc1ccc([C@H](C2CCC2)N2CCNCC2)cc1OC.Cl.Cl. The molecule has 1 heterocycles. The average Bonchev–Trinajstić information content (AvgIpc) is 2.51. The zero-order valence-electron chi connectivity index (χ0n) is 13.9. The second kappa shape index (κ2) is 9.58. The Hall–Kier alpha value is -0.680. The Labute approximate surface area is 151 Å². The van der Waals surface area contributed by atoms with Gasteiger partial charge in [0.1, 0.15) is 0 Å². The lowest BCUT2D eigenvalue weighted by Crippen LogP contribution is -2.47. The van der Waals surface area contributed by atoms with Gasteiger partial charge in [-0.1, -0.05) is 12.5 Å². The van der Waals surface area contributed by atoms with Crippen molar-refractivity contribution in [1.82, 2.24) is 10.2 Å². The van der Waals surface area contributed by atoms with Crippen molar-refractivity contribution in [2.75, 3.05) is 40.4 Å². The highest BCUT2D eigenvalue weighted by Crippen LogP contribution is 2.43. The number of hydrogen-bond acceptors (Lipinski definition) is 4. The van der Waals surface area contributed by atoms with Gasteiger partial charge in [-0.25, -0.2) is 0 Å². The molecule has 0 spiro atoms. The van der Waals surface area contributed by atoms with Crippen LogP contribution < -0.4 is 14.8 Å². The Kier molecular flexibility index (Phi) is 8.48. The van der Waals surface area contributed by atoms with Crippen LogP contribution in [0.15, 0.2) is 18.2 Å². The van der Waals surface area contributed by atoms with Crippen molar-refractivity contribution in [2.24, 2.45) is 5.92 Å². The van der Waals surface area contributed by atoms with Gasteiger partial charge >= 0.3 is 0 Å². The summed E-state index contributed by atoms with van der Waals surface area (Å²) in [7, 11) is 3.40. The number of nitrogens with zero attached hydrogens (tertiary/aromatic N) is 1. The summed E-state index contributed by atoms with van der Waals surface area (Å²) < 4.78 is 10.9. The van der Waals surface area contributed by atoms with Gasteiger partial charge in [-0.2, -0.15) is 0 Å². The molecule has 4 nitrogen and oxygen atoms in total. The summed E-state index contributed by atoms with van der Waals surface area (Å²) in [6.07, 6.45) is 4.08. The number of methoxy groups -OCH3 is 2. The molecule has 2 aliphatic rings. The quantitative estimate of drug-likeness (QED) is 0.871.